The van der Waals surface area contributed by atoms with Crippen LogP contribution < -0.4 is 5.32 Å². The van der Waals surface area contributed by atoms with Crippen molar-refractivity contribution in [2.24, 2.45) is 5.92 Å². The van der Waals surface area contributed by atoms with Crippen molar-refractivity contribution in [3.05, 3.63) is 34.4 Å². The highest BCUT2D eigenvalue weighted by Crippen LogP contribution is 2.46. The summed E-state index contributed by atoms with van der Waals surface area (Å²) in [6.45, 7) is 3.39. The van der Waals surface area contributed by atoms with E-state index in [-0.39, 0.29) is 41.4 Å². The lowest BCUT2D eigenvalue weighted by Gasteiger charge is -2.35. The summed E-state index contributed by atoms with van der Waals surface area (Å²) < 4.78 is 28.3. The van der Waals surface area contributed by atoms with Gasteiger partial charge in [-0.1, -0.05) is 11.6 Å². The highest BCUT2D eigenvalue weighted by Gasteiger charge is 2.40. The van der Waals surface area contributed by atoms with E-state index in [1.807, 2.05) is 0 Å². The number of rotatable bonds is 3. The van der Waals surface area contributed by atoms with Crippen LogP contribution >= 0.6 is 36.4 Å². The average Bonchev–Trinajstić information content (AvgIpc) is 3.24. The van der Waals surface area contributed by atoms with E-state index in [0.29, 0.717) is 5.92 Å². The number of piperazine rings is 1. The first kappa shape index (κ1) is 18.9. The second-order valence-electron chi connectivity index (χ2n) is 5.33. The van der Waals surface area contributed by atoms with E-state index in [1.165, 1.54) is 12.1 Å². The van der Waals surface area contributed by atoms with Crippen LogP contribution in [0.4, 0.5) is 8.78 Å². The Hall–Kier alpha value is -0.130. The summed E-state index contributed by atoms with van der Waals surface area (Å²) in [4.78, 5) is 2.19. The van der Waals surface area contributed by atoms with Crippen LogP contribution in [-0.4, -0.2) is 31.1 Å². The van der Waals surface area contributed by atoms with E-state index in [9.17, 15) is 8.78 Å². The third-order valence-electron chi connectivity index (χ3n) is 3.99. The fraction of sp³-hybridized carbons (Fsp3) is 0.571. The van der Waals surface area contributed by atoms with E-state index in [0.717, 1.165) is 39.0 Å². The number of halogens is 5. The van der Waals surface area contributed by atoms with E-state index < -0.39 is 11.6 Å². The molecule has 1 saturated carbocycles. The molecule has 1 aromatic carbocycles. The number of nitrogens with zero attached hydrogens (tertiary/aromatic N) is 1. The van der Waals surface area contributed by atoms with E-state index >= 15 is 0 Å². The van der Waals surface area contributed by atoms with Crippen LogP contribution in [0, 0.1) is 17.6 Å². The SMILES string of the molecule is Cl.Cl.Fc1ccc(Cl)c(F)c1[C@@H](C1CC1)N1CCNCC1. The lowest BCUT2D eigenvalue weighted by molar-refractivity contribution is 0.149. The number of hydrogen-bond donors (Lipinski definition) is 1. The minimum atomic E-state index is -0.586. The summed E-state index contributed by atoms with van der Waals surface area (Å²) in [6, 6.07) is 2.40. The zero-order valence-corrected chi connectivity index (χ0v) is 13.8. The van der Waals surface area contributed by atoms with Crippen molar-refractivity contribution in [3.63, 3.8) is 0 Å². The van der Waals surface area contributed by atoms with Gasteiger partial charge in [-0.15, -0.1) is 24.8 Å². The molecule has 1 N–H and O–H groups in total. The van der Waals surface area contributed by atoms with Crippen molar-refractivity contribution >= 4 is 36.4 Å². The summed E-state index contributed by atoms with van der Waals surface area (Å²) >= 11 is 5.82. The molecule has 0 radical (unpaired) electrons. The summed E-state index contributed by atoms with van der Waals surface area (Å²) in [7, 11) is 0. The fourth-order valence-corrected chi connectivity index (χ4v) is 3.07. The minimum absolute atomic E-state index is 0. The first-order valence-corrected chi connectivity index (χ1v) is 7.14. The molecule has 1 saturated heterocycles. The summed E-state index contributed by atoms with van der Waals surface area (Å²) in [5.41, 5.74) is 0.164. The quantitative estimate of drug-likeness (QED) is 0.825. The Labute approximate surface area is 141 Å². The zero-order valence-electron chi connectivity index (χ0n) is 11.4. The molecule has 0 amide bonds. The maximum atomic E-state index is 14.2. The van der Waals surface area contributed by atoms with Crippen LogP contribution in [0.5, 0.6) is 0 Å². The Morgan fingerprint density at radius 1 is 1.14 bits per heavy atom. The third-order valence-corrected chi connectivity index (χ3v) is 4.28. The highest BCUT2D eigenvalue weighted by atomic mass is 35.5. The first-order chi connectivity index (χ1) is 9.18. The van der Waals surface area contributed by atoms with E-state index in [4.69, 9.17) is 11.6 Å². The second-order valence-corrected chi connectivity index (χ2v) is 5.73. The molecular weight excluding hydrogens is 341 g/mol. The molecule has 2 fully saturated rings. The molecule has 0 bridgehead atoms. The molecule has 0 spiro atoms. The van der Waals surface area contributed by atoms with Crippen LogP contribution in [0.2, 0.25) is 5.02 Å². The topological polar surface area (TPSA) is 15.3 Å². The van der Waals surface area contributed by atoms with Gasteiger partial charge in [0.2, 0.25) is 0 Å². The molecule has 2 aliphatic rings. The Morgan fingerprint density at radius 3 is 2.33 bits per heavy atom. The molecule has 21 heavy (non-hydrogen) atoms. The van der Waals surface area contributed by atoms with Crippen molar-refractivity contribution in [1.29, 1.82) is 0 Å². The molecule has 1 aliphatic heterocycles. The maximum Gasteiger partial charge on any atom is 0.149 e. The van der Waals surface area contributed by atoms with Gasteiger partial charge in [0.05, 0.1) is 5.02 Å². The third kappa shape index (κ3) is 3.99. The molecule has 1 aromatic rings. The van der Waals surface area contributed by atoms with Gasteiger partial charge in [0.15, 0.2) is 0 Å². The second kappa shape index (κ2) is 7.93. The molecular formula is C14H19Cl3F2N2. The van der Waals surface area contributed by atoms with E-state index in [1.54, 1.807) is 0 Å². The molecule has 0 aromatic heterocycles. The maximum absolute atomic E-state index is 14.2. The summed E-state index contributed by atoms with van der Waals surface area (Å²) in [5.74, 6) is -0.699. The number of benzene rings is 1. The van der Waals surface area contributed by atoms with Crippen molar-refractivity contribution in [2.75, 3.05) is 26.2 Å². The number of hydrogen-bond acceptors (Lipinski definition) is 2. The smallest absolute Gasteiger partial charge is 0.149 e. The Kier molecular flexibility index (Phi) is 7.14. The summed E-state index contributed by atoms with van der Waals surface area (Å²) in [6.07, 6.45) is 2.08. The molecule has 3 rings (SSSR count). The Morgan fingerprint density at radius 2 is 1.76 bits per heavy atom. The lowest BCUT2D eigenvalue weighted by atomic mass is 9.98. The molecule has 2 nitrogen and oxygen atoms in total. The van der Waals surface area contributed by atoms with Gasteiger partial charge in [0.25, 0.3) is 0 Å². The number of nitrogens with one attached hydrogen (secondary N) is 1. The van der Waals surface area contributed by atoms with E-state index in [2.05, 4.69) is 10.2 Å². The van der Waals surface area contributed by atoms with Crippen LogP contribution in [0.1, 0.15) is 24.4 Å². The fourth-order valence-electron chi connectivity index (χ4n) is 2.90. The van der Waals surface area contributed by atoms with Crippen LogP contribution in [0.3, 0.4) is 0 Å². The van der Waals surface area contributed by atoms with Gasteiger partial charge in [-0.3, -0.25) is 4.90 Å². The van der Waals surface area contributed by atoms with Gasteiger partial charge in [-0.2, -0.15) is 0 Å². The minimum Gasteiger partial charge on any atom is -0.314 e. The molecule has 120 valence electrons. The van der Waals surface area contributed by atoms with Gasteiger partial charge in [0, 0.05) is 37.8 Å². The van der Waals surface area contributed by atoms with Gasteiger partial charge in [-0.05, 0) is 30.9 Å². The lowest BCUT2D eigenvalue weighted by Crippen LogP contribution is -2.46. The Bertz CT molecular complexity index is 478. The monoisotopic (exact) mass is 358 g/mol. The van der Waals surface area contributed by atoms with Crippen LogP contribution in [0.15, 0.2) is 12.1 Å². The first-order valence-electron chi connectivity index (χ1n) is 6.76. The highest BCUT2D eigenvalue weighted by molar-refractivity contribution is 6.30. The molecule has 1 atom stereocenters. The van der Waals surface area contributed by atoms with Crippen LogP contribution in [0.25, 0.3) is 0 Å². The predicted molar refractivity (Wildman–Crippen MR) is 85.8 cm³/mol. The van der Waals surface area contributed by atoms with Crippen molar-refractivity contribution in [3.8, 4) is 0 Å². The van der Waals surface area contributed by atoms with Gasteiger partial charge < -0.3 is 5.32 Å². The van der Waals surface area contributed by atoms with Gasteiger partial charge >= 0.3 is 0 Å². The largest absolute Gasteiger partial charge is 0.314 e. The van der Waals surface area contributed by atoms with Gasteiger partial charge in [0.1, 0.15) is 11.6 Å². The zero-order chi connectivity index (χ0) is 13.4. The molecule has 1 heterocycles. The molecule has 0 unspecified atom stereocenters. The summed E-state index contributed by atoms with van der Waals surface area (Å²) in [5, 5.41) is 3.28. The van der Waals surface area contributed by atoms with Crippen molar-refractivity contribution in [1.82, 2.24) is 10.2 Å². The van der Waals surface area contributed by atoms with Crippen molar-refractivity contribution < 1.29 is 8.78 Å². The van der Waals surface area contributed by atoms with Crippen LogP contribution in [-0.2, 0) is 0 Å². The normalized spacial score (nSPS) is 20.3. The van der Waals surface area contributed by atoms with Gasteiger partial charge in [-0.25, -0.2) is 8.78 Å². The molecule has 1 aliphatic carbocycles. The van der Waals surface area contributed by atoms with Crippen molar-refractivity contribution in [2.45, 2.75) is 18.9 Å². The predicted octanol–water partition coefficient (Wildman–Crippen LogP) is 3.82. The Balaban J connectivity index is 0.00000110. The standard InChI is InChI=1S/C14H17ClF2N2.2ClH/c15-10-3-4-11(16)12(13(10)17)14(9-1-2-9)19-7-5-18-6-8-19;;/h3-4,9,14,18H,1-2,5-8H2;2*1H/t14-;;/m1../s1. The average molecular weight is 360 g/mol. The molecule has 7 heteroatoms.